The second kappa shape index (κ2) is 3.25. The molecule has 2 rings (SSSR count). The van der Waals surface area contributed by atoms with Crippen LogP contribution in [0.1, 0.15) is 26.7 Å². The fourth-order valence-electron chi connectivity index (χ4n) is 2.61. The van der Waals surface area contributed by atoms with Crippen molar-refractivity contribution in [1.82, 2.24) is 4.90 Å². The lowest BCUT2D eigenvalue weighted by molar-refractivity contribution is 0.121. The predicted molar refractivity (Wildman–Crippen MR) is 53.5 cm³/mol. The maximum Gasteiger partial charge on any atom is 0.0493 e. The zero-order valence-electron chi connectivity index (χ0n) is 8.79. The smallest absolute Gasteiger partial charge is 0.0493 e. The maximum atomic E-state index is 9.38. The zero-order valence-corrected chi connectivity index (χ0v) is 8.79. The predicted octanol–water partition coefficient (Wildman–Crippen LogP) is 1.35. The Bertz CT molecular complexity index is 189. The Labute approximate surface area is 80.9 Å². The fourth-order valence-corrected chi connectivity index (χ4v) is 2.61. The maximum absolute atomic E-state index is 9.38. The summed E-state index contributed by atoms with van der Waals surface area (Å²) < 4.78 is 0. The summed E-state index contributed by atoms with van der Waals surface area (Å²) in [6, 6.07) is 0. The molecule has 2 unspecified atom stereocenters. The summed E-state index contributed by atoms with van der Waals surface area (Å²) in [5.41, 5.74) is 0.287. The Morgan fingerprint density at radius 3 is 2.46 bits per heavy atom. The van der Waals surface area contributed by atoms with Crippen LogP contribution in [0, 0.1) is 17.3 Å². The lowest BCUT2D eigenvalue weighted by atomic mass is 9.90. The number of nitrogens with zero attached hydrogens (tertiary/aromatic N) is 1. The number of hydrogen-bond donors (Lipinski definition) is 1. The molecule has 0 aromatic carbocycles. The molecule has 0 bridgehead atoms. The molecule has 13 heavy (non-hydrogen) atoms. The van der Waals surface area contributed by atoms with E-state index in [1.807, 2.05) is 0 Å². The van der Waals surface area contributed by atoms with Gasteiger partial charge in [0, 0.05) is 18.6 Å². The molecule has 1 saturated carbocycles. The van der Waals surface area contributed by atoms with Crippen LogP contribution in [0.5, 0.6) is 0 Å². The summed E-state index contributed by atoms with van der Waals surface area (Å²) in [5.74, 6) is 1.42. The van der Waals surface area contributed by atoms with E-state index in [0.29, 0.717) is 12.5 Å². The highest BCUT2D eigenvalue weighted by atomic mass is 16.3. The van der Waals surface area contributed by atoms with E-state index in [2.05, 4.69) is 18.7 Å². The normalized spacial score (nSPS) is 39.2. The number of hydrogen-bond acceptors (Lipinski definition) is 2. The molecule has 1 saturated heterocycles. The molecule has 0 spiro atoms. The molecule has 1 aliphatic heterocycles. The first-order valence-electron chi connectivity index (χ1n) is 5.52. The average Bonchev–Trinajstić information content (AvgIpc) is 2.72. The number of likely N-dealkylation sites (tertiary alicyclic amines) is 1. The second-order valence-corrected chi connectivity index (χ2v) is 5.10. The molecule has 2 nitrogen and oxygen atoms in total. The van der Waals surface area contributed by atoms with E-state index in [1.165, 1.54) is 32.5 Å². The van der Waals surface area contributed by atoms with E-state index in [1.54, 1.807) is 0 Å². The van der Waals surface area contributed by atoms with E-state index in [0.717, 1.165) is 5.92 Å². The largest absolute Gasteiger partial charge is 0.396 e. The molecule has 0 aromatic heterocycles. The molecule has 2 atom stereocenters. The first kappa shape index (κ1) is 9.47. The van der Waals surface area contributed by atoms with Crippen LogP contribution in [0.2, 0.25) is 0 Å². The summed E-state index contributed by atoms with van der Waals surface area (Å²) in [4.78, 5) is 2.52. The lowest BCUT2D eigenvalue weighted by Crippen LogP contribution is -2.39. The molecular formula is C11H21NO. The third kappa shape index (κ3) is 1.50. The van der Waals surface area contributed by atoms with Gasteiger partial charge in [0.25, 0.3) is 0 Å². The van der Waals surface area contributed by atoms with Crippen molar-refractivity contribution in [2.24, 2.45) is 17.3 Å². The minimum absolute atomic E-state index is 0.287. The van der Waals surface area contributed by atoms with Gasteiger partial charge in [-0.05, 0) is 37.8 Å². The Balaban J connectivity index is 1.83. The van der Waals surface area contributed by atoms with E-state index in [9.17, 15) is 5.11 Å². The second-order valence-electron chi connectivity index (χ2n) is 5.10. The van der Waals surface area contributed by atoms with Crippen molar-refractivity contribution in [3.63, 3.8) is 0 Å². The van der Waals surface area contributed by atoms with Crippen molar-refractivity contribution < 1.29 is 5.11 Å². The highest BCUT2D eigenvalue weighted by Gasteiger charge is 2.55. The highest BCUT2D eigenvalue weighted by Crippen LogP contribution is 2.57. The van der Waals surface area contributed by atoms with E-state index in [4.69, 9.17) is 0 Å². The van der Waals surface area contributed by atoms with Crippen LogP contribution in [0.4, 0.5) is 0 Å². The molecule has 2 aliphatic rings. The summed E-state index contributed by atoms with van der Waals surface area (Å²) in [6.07, 6.45) is 2.62. The van der Waals surface area contributed by atoms with Crippen molar-refractivity contribution >= 4 is 0 Å². The Hall–Kier alpha value is -0.0800. The summed E-state index contributed by atoms with van der Waals surface area (Å²) in [5, 5.41) is 9.38. The van der Waals surface area contributed by atoms with Gasteiger partial charge in [-0.3, -0.25) is 0 Å². The van der Waals surface area contributed by atoms with Gasteiger partial charge < -0.3 is 10.0 Å². The number of aliphatic hydroxyl groups is 1. The van der Waals surface area contributed by atoms with Gasteiger partial charge in [0.05, 0.1) is 0 Å². The topological polar surface area (TPSA) is 23.5 Å². The van der Waals surface area contributed by atoms with Gasteiger partial charge in [-0.15, -0.1) is 0 Å². The third-order valence-electron chi connectivity index (χ3n) is 4.15. The van der Waals surface area contributed by atoms with Crippen LogP contribution in [-0.4, -0.2) is 36.2 Å². The fraction of sp³-hybridized carbons (Fsp3) is 1.00. The summed E-state index contributed by atoms with van der Waals surface area (Å²) >= 11 is 0. The molecular weight excluding hydrogens is 162 g/mol. The monoisotopic (exact) mass is 183 g/mol. The van der Waals surface area contributed by atoms with Gasteiger partial charge in [0.2, 0.25) is 0 Å². The number of aliphatic hydroxyl groups excluding tert-OH is 1. The molecule has 0 amide bonds. The quantitative estimate of drug-likeness (QED) is 0.711. The SMILES string of the molecule is CC(C)C1(CO)CC1CN1CCC1. The summed E-state index contributed by atoms with van der Waals surface area (Å²) in [7, 11) is 0. The van der Waals surface area contributed by atoms with E-state index >= 15 is 0 Å². The molecule has 2 fully saturated rings. The molecule has 0 aromatic rings. The van der Waals surface area contributed by atoms with E-state index < -0.39 is 0 Å². The molecule has 76 valence electrons. The van der Waals surface area contributed by atoms with Gasteiger partial charge in [-0.1, -0.05) is 13.8 Å². The van der Waals surface area contributed by atoms with Crippen molar-refractivity contribution in [3.8, 4) is 0 Å². The molecule has 0 radical (unpaired) electrons. The minimum atomic E-state index is 0.287. The van der Waals surface area contributed by atoms with Gasteiger partial charge in [-0.25, -0.2) is 0 Å². The zero-order chi connectivity index (χ0) is 9.47. The van der Waals surface area contributed by atoms with Gasteiger partial charge in [0.15, 0.2) is 0 Å². The van der Waals surface area contributed by atoms with Crippen LogP contribution < -0.4 is 0 Å². The Morgan fingerprint density at radius 2 is 2.15 bits per heavy atom. The minimum Gasteiger partial charge on any atom is -0.396 e. The van der Waals surface area contributed by atoms with E-state index in [-0.39, 0.29) is 5.41 Å². The molecule has 2 heteroatoms. The van der Waals surface area contributed by atoms with Crippen LogP contribution in [0.25, 0.3) is 0 Å². The number of rotatable bonds is 4. The molecule has 1 N–H and O–H groups in total. The van der Waals surface area contributed by atoms with Gasteiger partial charge >= 0.3 is 0 Å². The molecule has 1 aliphatic carbocycles. The lowest BCUT2D eigenvalue weighted by Gasteiger charge is -2.32. The van der Waals surface area contributed by atoms with Crippen LogP contribution in [0.3, 0.4) is 0 Å². The highest BCUT2D eigenvalue weighted by molar-refractivity contribution is 5.05. The van der Waals surface area contributed by atoms with Crippen molar-refractivity contribution in [2.45, 2.75) is 26.7 Å². The molecule has 1 heterocycles. The first-order valence-corrected chi connectivity index (χ1v) is 5.52. The van der Waals surface area contributed by atoms with Gasteiger partial charge in [-0.2, -0.15) is 0 Å². The van der Waals surface area contributed by atoms with Crippen molar-refractivity contribution in [2.75, 3.05) is 26.2 Å². The summed E-state index contributed by atoms with van der Waals surface area (Å²) in [6.45, 7) is 8.69. The first-order chi connectivity index (χ1) is 6.19. The standard InChI is InChI=1S/C11H21NO/c1-9(2)11(8-13)6-10(11)7-12-4-3-5-12/h9-10,13H,3-8H2,1-2H3. The Kier molecular flexibility index (Phi) is 2.37. The van der Waals surface area contributed by atoms with Crippen LogP contribution in [-0.2, 0) is 0 Å². The Morgan fingerprint density at radius 1 is 1.46 bits per heavy atom. The van der Waals surface area contributed by atoms with Gasteiger partial charge in [0.1, 0.15) is 0 Å². The van der Waals surface area contributed by atoms with Crippen molar-refractivity contribution in [1.29, 1.82) is 0 Å². The third-order valence-corrected chi connectivity index (χ3v) is 4.15. The van der Waals surface area contributed by atoms with Crippen LogP contribution >= 0.6 is 0 Å². The van der Waals surface area contributed by atoms with Crippen molar-refractivity contribution in [3.05, 3.63) is 0 Å². The average molecular weight is 183 g/mol. The van der Waals surface area contributed by atoms with Crippen LogP contribution in [0.15, 0.2) is 0 Å².